The van der Waals surface area contributed by atoms with Crippen LogP contribution in [-0.4, -0.2) is 66.6 Å². The fourth-order valence-corrected chi connectivity index (χ4v) is 6.08. The molecule has 1 atom stereocenters. The molecule has 1 saturated carbocycles. The first-order valence-corrected chi connectivity index (χ1v) is 12.2. The minimum Gasteiger partial charge on any atom is -0.396 e. The molecule has 1 aromatic carbocycles. The second kappa shape index (κ2) is 8.72. The van der Waals surface area contributed by atoms with Crippen LogP contribution in [0.3, 0.4) is 0 Å². The Morgan fingerprint density at radius 1 is 1.28 bits per heavy atom. The van der Waals surface area contributed by atoms with E-state index in [-0.39, 0.29) is 30.5 Å². The maximum absolute atomic E-state index is 13.1. The summed E-state index contributed by atoms with van der Waals surface area (Å²) in [6, 6.07) is 7.71. The van der Waals surface area contributed by atoms with Crippen molar-refractivity contribution in [3.8, 4) is 11.4 Å². The molecule has 1 aromatic heterocycles. The lowest BCUT2D eigenvalue weighted by Crippen LogP contribution is -2.44. The SMILES string of the molecule is C[C@H]1COCCN1c1cc(C2(S(=O)(=O)CCCO)CC2)nc(-c2ccc([N+](=O)[O-])cc2)n1. The van der Waals surface area contributed by atoms with Crippen LogP contribution in [0.5, 0.6) is 0 Å². The van der Waals surface area contributed by atoms with Crippen molar-refractivity contribution in [1.29, 1.82) is 0 Å². The molecule has 2 fully saturated rings. The summed E-state index contributed by atoms with van der Waals surface area (Å²) < 4.78 is 30.7. The van der Waals surface area contributed by atoms with Crippen molar-refractivity contribution in [2.75, 3.05) is 37.0 Å². The van der Waals surface area contributed by atoms with Gasteiger partial charge in [-0.1, -0.05) is 0 Å². The van der Waals surface area contributed by atoms with Crippen molar-refractivity contribution in [2.45, 2.75) is 37.0 Å². The van der Waals surface area contributed by atoms with Crippen LogP contribution in [0.15, 0.2) is 30.3 Å². The van der Waals surface area contributed by atoms with Crippen LogP contribution in [0.4, 0.5) is 11.5 Å². The molecule has 1 aliphatic carbocycles. The number of nitrogens with zero attached hydrogens (tertiary/aromatic N) is 4. The lowest BCUT2D eigenvalue weighted by Gasteiger charge is -2.34. The molecule has 10 nitrogen and oxygen atoms in total. The first-order chi connectivity index (χ1) is 15.3. The summed E-state index contributed by atoms with van der Waals surface area (Å²) in [4.78, 5) is 21.9. The third-order valence-electron chi connectivity index (χ3n) is 6.05. The molecule has 172 valence electrons. The molecule has 4 rings (SSSR count). The molecule has 2 heterocycles. The number of morpholine rings is 1. The molecule has 1 saturated heterocycles. The highest BCUT2D eigenvalue weighted by atomic mass is 32.2. The number of hydrogen-bond donors (Lipinski definition) is 1. The molecule has 0 radical (unpaired) electrons. The van der Waals surface area contributed by atoms with E-state index in [1.807, 2.05) is 6.92 Å². The smallest absolute Gasteiger partial charge is 0.269 e. The summed E-state index contributed by atoms with van der Waals surface area (Å²) in [6.45, 7) is 3.51. The summed E-state index contributed by atoms with van der Waals surface area (Å²) >= 11 is 0. The van der Waals surface area contributed by atoms with Gasteiger partial charge in [0.25, 0.3) is 5.69 Å². The molecule has 32 heavy (non-hydrogen) atoms. The molecule has 2 aromatic rings. The van der Waals surface area contributed by atoms with Crippen LogP contribution in [0.1, 0.15) is 31.9 Å². The molecule has 0 spiro atoms. The number of anilines is 1. The van der Waals surface area contributed by atoms with Crippen LogP contribution >= 0.6 is 0 Å². The number of aliphatic hydroxyl groups excluding tert-OH is 1. The zero-order chi connectivity index (χ0) is 22.9. The van der Waals surface area contributed by atoms with Gasteiger partial charge in [0.15, 0.2) is 15.7 Å². The van der Waals surface area contributed by atoms with E-state index < -0.39 is 19.5 Å². The summed E-state index contributed by atoms with van der Waals surface area (Å²) in [5.41, 5.74) is 0.966. The van der Waals surface area contributed by atoms with Gasteiger partial charge in [-0.25, -0.2) is 18.4 Å². The lowest BCUT2D eigenvalue weighted by molar-refractivity contribution is -0.384. The van der Waals surface area contributed by atoms with E-state index in [9.17, 15) is 18.5 Å². The van der Waals surface area contributed by atoms with Gasteiger partial charge in [-0.2, -0.15) is 0 Å². The highest BCUT2D eigenvalue weighted by molar-refractivity contribution is 7.92. The molecule has 1 N–H and O–H groups in total. The Morgan fingerprint density at radius 2 is 2.00 bits per heavy atom. The van der Waals surface area contributed by atoms with E-state index in [0.717, 1.165) is 0 Å². The van der Waals surface area contributed by atoms with E-state index in [1.165, 1.54) is 12.1 Å². The summed E-state index contributed by atoms with van der Waals surface area (Å²) in [5, 5.41) is 20.1. The Morgan fingerprint density at radius 3 is 2.59 bits per heavy atom. The molecule has 0 unspecified atom stereocenters. The predicted molar refractivity (Wildman–Crippen MR) is 118 cm³/mol. The zero-order valence-electron chi connectivity index (χ0n) is 17.8. The number of nitro benzene ring substituents is 1. The van der Waals surface area contributed by atoms with Crippen molar-refractivity contribution < 1.29 is 23.2 Å². The van der Waals surface area contributed by atoms with Crippen molar-refractivity contribution in [3.63, 3.8) is 0 Å². The zero-order valence-corrected chi connectivity index (χ0v) is 18.6. The number of nitro groups is 1. The summed E-state index contributed by atoms with van der Waals surface area (Å²) in [6.07, 6.45) is 1.11. The molecular weight excluding hydrogens is 436 g/mol. The second-order valence-electron chi connectivity index (χ2n) is 8.25. The van der Waals surface area contributed by atoms with Gasteiger partial charge in [0.2, 0.25) is 0 Å². The van der Waals surface area contributed by atoms with Crippen LogP contribution in [-0.2, 0) is 19.3 Å². The van der Waals surface area contributed by atoms with E-state index in [4.69, 9.17) is 14.8 Å². The fourth-order valence-electron chi connectivity index (χ4n) is 4.03. The quantitative estimate of drug-likeness (QED) is 0.462. The highest BCUT2D eigenvalue weighted by Crippen LogP contribution is 2.53. The number of ether oxygens (including phenoxy) is 1. The van der Waals surface area contributed by atoms with Crippen LogP contribution in [0.25, 0.3) is 11.4 Å². The number of benzene rings is 1. The monoisotopic (exact) mass is 462 g/mol. The molecule has 0 bridgehead atoms. The van der Waals surface area contributed by atoms with Gasteiger partial charge >= 0.3 is 0 Å². The maximum atomic E-state index is 13.1. The third-order valence-corrected chi connectivity index (χ3v) is 8.68. The third kappa shape index (κ3) is 4.19. The number of rotatable bonds is 8. The Bertz CT molecular complexity index is 1100. The molecular formula is C21H26N4O6S. The number of aliphatic hydroxyl groups is 1. The first-order valence-electron chi connectivity index (χ1n) is 10.6. The fraction of sp³-hybridized carbons (Fsp3) is 0.524. The Hall–Kier alpha value is -2.63. The number of sulfone groups is 1. The minimum atomic E-state index is -3.52. The van der Waals surface area contributed by atoms with E-state index >= 15 is 0 Å². The molecule has 1 aliphatic heterocycles. The summed E-state index contributed by atoms with van der Waals surface area (Å²) in [5.74, 6) is 0.835. The van der Waals surface area contributed by atoms with Crippen molar-refractivity contribution in [3.05, 3.63) is 46.1 Å². The normalized spacial score (nSPS) is 20.2. The highest BCUT2D eigenvalue weighted by Gasteiger charge is 2.56. The van der Waals surface area contributed by atoms with Crippen LogP contribution < -0.4 is 4.90 Å². The summed E-state index contributed by atoms with van der Waals surface area (Å²) in [7, 11) is -3.52. The number of non-ortho nitro benzene ring substituents is 1. The van der Waals surface area contributed by atoms with Crippen molar-refractivity contribution in [2.24, 2.45) is 0 Å². The standard InChI is InChI=1S/C21H26N4O6S/c1-15-14-31-11-9-24(15)19-13-18(21(7-8-21)32(29,30)12-2-10-26)22-20(23-19)16-3-5-17(6-4-16)25(27)28/h3-6,13,15,26H,2,7-12,14H2,1H3/t15-/m0/s1. The van der Waals surface area contributed by atoms with Crippen molar-refractivity contribution in [1.82, 2.24) is 9.97 Å². The van der Waals surface area contributed by atoms with Crippen LogP contribution in [0.2, 0.25) is 0 Å². The average molecular weight is 463 g/mol. The van der Waals surface area contributed by atoms with E-state index in [2.05, 4.69) is 9.88 Å². The topological polar surface area (TPSA) is 136 Å². The largest absolute Gasteiger partial charge is 0.396 e. The molecule has 0 amide bonds. The Labute approximate surface area is 186 Å². The van der Waals surface area contributed by atoms with Gasteiger partial charge < -0.3 is 14.7 Å². The van der Waals surface area contributed by atoms with Gasteiger partial charge in [0, 0.05) is 36.9 Å². The van der Waals surface area contributed by atoms with E-state index in [1.54, 1.807) is 18.2 Å². The van der Waals surface area contributed by atoms with Crippen LogP contribution in [0, 0.1) is 10.1 Å². The Balaban J connectivity index is 1.80. The second-order valence-corrected chi connectivity index (χ2v) is 10.7. The maximum Gasteiger partial charge on any atom is 0.269 e. The predicted octanol–water partition coefficient (Wildman–Crippen LogP) is 2.06. The van der Waals surface area contributed by atoms with Gasteiger partial charge in [-0.05, 0) is 38.3 Å². The Kier molecular flexibility index (Phi) is 6.15. The minimum absolute atomic E-state index is 0.0443. The van der Waals surface area contributed by atoms with Gasteiger partial charge in [-0.3, -0.25) is 10.1 Å². The first kappa shape index (κ1) is 22.6. The van der Waals surface area contributed by atoms with Gasteiger partial charge in [0.05, 0.1) is 35.6 Å². The van der Waals surface area contributed by atoms with Crippen molar-refractivity contribution >= 4 is 21.3 Å². The average Bonchev–Trinajstić information content (AvgIpc) is 3.61. The lowest BCUT2D eigenvalue weighted by atomic mass is 10.1. The molecule has 11 heteroatoms. The number of aromatic nitrogens is 2. The van der Waals surface area contributed by atoms with Gasteiger partial charge in [0.1, 0.15) is 10.6 Å². The van der Waals surface area contributed by atoms with Gasteiger partial charge in [-0.15, -0.1) is 0 Å². The number of hydrogen-bond acceptors (Lipinski definition) is 9. The molecule has 2 aliphatic rings. The van der Waals surface area contributed by atoms with E-state index in [0.29, 0.717) is 55.5 Å².